The predicted molar refractivity (Wildman–Crippen MR) is 99.5 cm³/mol. The maximum atomic E-state index is 5.89. The number of piperidine rings is 1. The summed E-state index contributed by atoms with van der Waals surface area (Å²) < 4.78 is 11.8. The van der Waals surface area contributed by atoms with E-state index in [1.54, 1.807) is 0 Å². The van der Waals surface area contributed by atoms with Crippen molar-refractivity contribution in [3.63, 3.8) is 0 Å². The van der Waals surface area contributed by atoms with Gasteiger partial charge in [-0.25, -0.2) is 0 Å². The molecule has 0 saturated carbocycles. The van der Waals surface area contributed by atoms with E-state index in [4.69, 9.17) is 9.47 Å². The number of hydrogen-bond acceptors (Lipinski definition) is 4. The predicted octanol–water partition coefficient (Wildman–Crippen LogP) is 3.64. The van der Waals surface area contributed by atoms with Gasteiger partial charge in [0.2, 0.25) is 0 Å². The Bertz CT molecular complexity index is 707. The van der Waals surface area contributed by atoms with Crippen LogP contribution in [0.5, 0.6) is 0 Å². The Hall–Kier alpha value is -1.49. The summed E-state index contributed by atoms with van der Waals surface area (Å²) in [7, 11) is 0. The molecule has 0 bridgehead atoms. The van der Waals surface area contributed by atoms with Crippen LogP contribution in [0.1, 0.15) is 31.7 Å². The molecule has 25 heavy (non-hydrogen) atoms. The van der Waals surface area contributed by atoms with Crippen LogP contribution in [-0.4, -0.2) is 48.5 Å². The zero-order valence-corrected chi connectivity index (χ0v) is 15.1. The van der Waals surface area contributed by atoms with Crippen LogP contribution in [0.2, 0.25) is 0 Å². The molecule has 0 amide bonds. The van der Waals surface area contributed by atoms with Gasteiger partial charge in [-0.15, -0.1) is 0 Å². The lowest BCUT2D eigenvalue weighted by molar-refractivity contribution is -0.192. The fourth-order valence-electron chi connectivity index (χ4n) is 4.32. The van der Waals surface area contributed by atoms with E-state index in [-0.39, 0.29) is 5.79 Å². The van der Waals surface area contributed by atoms with Crippen LogP contribution in [0.15, 0.2) is 36.7 Å². The molecule has 0 radical (unpaired) electrons. The van der Waals surface area contributed by atoms with E-state index in [9.17, 15) is 0 Å². The summed E-state index contributed by atoms with van der Waals surface area (Å²) in [5.41, 5.74) is 1.36. The molecule has 1 unspecified atom stereocenters. The van der Waals surface area contributed by atoms with E-state index in [2.05, 4.69) is 41.1 Å². The Morgan fingerprint density at radius 2 is 2.04 bits per heavy atom. The van der Waals surface area contributed by atoms with Gasteiger partial charge < -0.3 is 14.4 Å². The maximum absolute atomic E-state index is 5.89. The first kappa shape index (κ1) is 17.0. The molecule has 1 atom stereocenters. The van der Waals surface area contributed by atoms with Crippen molar-refractivity contribution in [1.29, 1.82) is 0 Å². The molecule has 1 aromatic heterocycles. The van der Waals surface area contributed by atoms with E-state index in [0.29, 0.717) is 5.92 Å². The van der Waals surface area contributed by atoms with Crippen molar-refractivity contribution >= 4 is 10.8 Å². The minimum absolute atomic E-state index is 0.363. The minimum Gasteiger partial charge on any atom is -0.347 e. The molecule has 4 rings (SSSR count). The first-order chi connectivity index (χ1) is 12.2. The average molecular weight is 340 g/mol. The minimum atomic E-state index is -0.363. The lowest BCUT2D eigenvalue weighted by atomic mass is 9.90. The van der Waals surface area contributed by atoms with Gasteiger partial charge in [-0.05, 0) is 56.6 Å². The van der Waals surface area contributed by atoms with Gasteiger partial charge in [-0.2, -0.15) is 0 Å². The first-order valence-electron chi connectivity index (χ1n) is 9.56. The maximum Gasteiger partial charge on any atom is 0.169 e. The van der Waals surface area contributed by atoms with Gasteiger partial charge in [-0.3, -0.25) is 4.98 Å². The topological polar surface area (TPSA) is 34.6 Å². The van der Waals surface area contributed by atoms with Crippen molar-refractivity contribution in [2.24, 2.45) is 5.92 Å². The fourth-order valence-corrected chi connectivity index (χ4v) is 4.32. The second-order valence-electron chi connectivity index (χ2n) is 7.48. The molecule has 2 aliphatic heterocycles. The third-order valence-corrected chi connectivity index (χ3v) is 5.78. The molecule has 2 aliphatic rings. The molecule has 0 aliphatic carbocycles. The Morgan fingerprint density at radius 3 is 2.92 bits per heavy atom. The lowest BCUT2D eigenvalue weighted by Crippen LogP contribution is -2.47. The monoisotopic (exact) mass is 340 g/mol. The number of likely N-dealkylation sites (tertiary alicyclic amines) is 1. The third-order valence-electron chi connectivity index (χ3n) is 5.78. The number of benzene rings is 1. The number of hydrogen-bond donors (Lipinski definition) is 0. The van der Waals surface area contributed by atoms with Crippen LogP contribution in [0, 0.1) is 5.92 Å². The van der Waals surface area contributed by atoms with Crippen LogP contribution in [-0.2, 0) is 15.9 Å². The molecule has 0 N–H and O–H groups in total. The molecule has 4 heteroatoms. The van der Waals surface area contributed by atoms with Crippen LogP contribution in [0.3, 0.4) is 0 Å². The summed E-state index contributed by atoms with van der Waals surface area (Å²) in [5, 5.41) is 2.58. The van der Waals surface area contributed by atoms with E-state index in [1.165, 1.54) is 42.1 Å². The summed E-state index contributed by atoms with van der Waals surface area (Å²) in [4.78, 5) is 6.99. The van der Waals surface area contributed by atoms with E-state index >= 15 is 0 Å². The molecule has 1 aromatic carbocycles. The quantitative estimate of drug-likeness (QED) is 0.832. The molecular weight excluding hydrogens is 312 g/mol. The first-order valence-corrected chi connectivity index (χ1v) is 9.56. The molecule has 2 fully saturated rings. The van der Waals surface area contributed by atoms with Crippen LogP contribution < -0.4 is 0 Å². The van der Waals surface area contributed by atoms with Crippen LogP contribution >= 0.6 is 0 Å². The van der Waals surface area contributed by atoms with Gasteiger partial charge in [0.05, 0.1) is 13.2 Å². The fraction of sp³-hybridized carbons (Fsp3) is 0.571. The van der Waals surface area contributed by atoms with Crippen molar-refractivity contribution < 1.29 is 9.47 Å². The number of rotatable bonds is 5. The summed E-state index contributed by atoms with van der Waals surface area (Å²) in [5.74, 6) is 0.126. The van der Waals surface area contributed by atoms with Crippen LogP contribution in [0.4, 0.5) is 0 Å². The normalized spacial score (nSPS) is 24.0. The third kappa shape index (κ3) is 3.71. The summed E-state index contributed by atoms with van der Waals surface area (Å²) >= 11 is 0. The van der Waals surface area contributed by atoms with Crippen molar-refractivity contribution in [1.82, 2.24) is 9.88 Å². The lowest BCUT2D eigenvalue weighted by Gasteiger charge is -2.40. The zero-order valence-electron chi connectivity index (χ0n) is 15.1. The van der Waals surface area contributed by atoms with Crippen molar-refractivity contribution in [3.8, 4) is 0 Å². The molecule has 2 aromatic rings. The zero-order chi connectivity index (χ0) is 17.1. The largest absolute Gasteiger partial charge is 0.347 e. The molecule has 3 heterocycles. The number of fused-ring (bicyclic) bond motifs is 1. The second kappa shape index (κ2) is 7.40. The van der Waals surface area contributed by atoms with E-state index in [1.807, 2.05) is 12.4 Å². The van der Waals surface area contributed by atoms with Gasteiger partial charge in [-0.1, -0.05) is 24.3 Å². The number of nitrogens with zero attached hydrogens (tertiary/aromatic N) is 2. The Labute approximate surface area is 150 Å². The highest BCUT2D eigenvalue weighted by atomic mass is 16.7. The number of pyridine rings is 1. The van der Waals surface area contributed by atoms with Gasteiger partial charge in [0, 0.05) is 30.2 Å². The highest BCUT2D eigenvalue weighted by Crippen LogP contribution is 2.34. The van der Waals surface area contributed by atoms with Gasteiger partial charge in [0.15, 0.2) is 5.79 Å². The summed E-state index contributed by atoms with van der Waals surface area (Å²) in [6, 6.07) is 8.54. The molecule has 0 spiro atoms. The van der Waals surface area contributed by atoms with E-state index < -0.39 is 0 Å². The average Bonchev–Trinajstić information content (AvgIpc) is 3.10. The Morgan fingerprint density at radius 1 is 1.20 bits per heavy atom. The van der Waals surface area contributed by atoms with Crippen molar-refractivity contribution in [2.45, 2.75) is 38.4 Å². The van der Waals surface area contributed by atoms with E-state index in [0.717, 1.165) is 32.7 Å². The Kier molecular flexibility index (Phi) is 5.02. The molecular formula is C21H28N2O2. The summed E-state index contributed by atoms with van der Waals surface area (Å²) in [6.45, 7) is 7.01. The molecule has 134 valence electrons. The van der Waals surface area contributed by atoms with Crippen molar-refractivity contribution in [2.75, 3.05) is 32.8 Å². The van der Waals surface area contributed by atoms with Gasteiger partial charge in [0.1, 0.15) is 0 Å². The SMILES string of the molecule is CC1(C2CCCN(CCCc3cncc4ccccc34)C2)OCCO1. The molecule has 2 saturated heterocycles. The number of ether oxygens (including phenoxy) is 2. The second-order valence-corrected chi connectivity index (χ2v) is 7.48. The van der Waals surface area contributed by atoms with Gasteiger partial charge in [0.25, 0.3) is 0 Å². The molecule has 4 nitrogen and oxygen atoms in total. The smallest absolute Gasteiger partial charge is 0.169 e. The highest BCUT2D eigenvalue weighted by Gasteiger charge is 2.41. The number of aryl methyl sites for hydroxylation is 1. The number of aromatic nitrogens is 1. The van der Waals surface area contributed by atoms with Crippen molar-refractivity contribution in [3.05, 3.63) is 42.2 Å². The highest BCUT2D eigenvalue weighted by molar-refractivity contribution is 5.84. The standard InChI is InChI=1S/C21H28N2O2/c1-21(24-12-13-25-21)19-8-5-11-23(16-19)10-4-7-18-15-22-14-17-6-2-3-9-20(17)18/h2-3,6,9,14-15,19H,4-5,7-8,10-13,16H2,1H3. The van der Waals surface area contributed by atoms with Crippen LogP contribution in [0.25, 0.3) is 10.8 Å². The summed E-state index contributed by atoms with van der Waals surface area (Å²) in [6.07, 6.45) is 8.68. The Balaban J connectivity index is 1.33. The van der Waals surface area contributed by atoms with Gasteiger partial charge >= 0.3 is 0 Å².